The first-order valence-corrected chi connectivity index (χ1v) is 9.01. The van der Waals surface area contributed by atoms with E-state index in [-0.39, 0.29) is 6.04 Å². The van der Waals surface area contributed by atoms with E-state index in [1.807, 2.05) is 19.1 Å². The summed E-state index contributed by atoms with van der Waals surface area (Å²) >= 11 is 0. The number of aliphatic imine (C=N–C) groups is 1. The second-order valence-corrected chi connectivity index (χ2v) is 6.61. The molecule has 6 nitrogen and oxygen atoms in total. The van der Waals surface area contributed by atoms with Crippen LogP contribution in [0, 0.1) is 5.82 Å². The van der Waals surface area contributed by atoms with Gasteiger partial charge in [0.15, 0.2) is 0 Å². The highest BCUT2D eigenvalue weighted by Crippen LogP contribution is 2.37. The first kappa shape index (κ1) is 19.8. The highest BCUT2D eigenvalue weighted by molar-refractivity contribution is 5.91. The molecule has 0 spiro atoms. The third kappa shape index (κ3) is 3.84. The number of rotatable bonds is 4. The van der Waals surface area contributed by atoms with Crippen LogP contribution in [-0.4, -0.2) is 37.7 Å². The summed E-state index contributed by atoms with van der Waals surface area (Å²) in [5.74, 6) is -0.0934. The van der Waals surface area contributed by atoms with Crippen LogP contribution in [-0.2, 0) is 11.2 Å². The molecule has 1 aliphatic heterocycles. The van der Waals surface area contributed by atoms with E-state index in [1.165, 1.54) is 38.6 Å². The van der Waals surface area contributed by atoms with Crippen LogP contribution in [0.4, 0.5) is 20.6 Å². The molecule has 1 heterocycles. The number of ether oxygens (including phenoxy) is 2. The predicted octanol–water partition coefficient (Wildman–Crippen LogP) is 4.18. The lowest BCUT2D eigenvalue weighted by atomic mass is 9.95. The second kappa shape index (κ2) is 8.39. The normalized spacial score (nSPS) is 17.3. The number of halogens is 1. The van der Waals surface area contributed by atoms with Crippen LogP contribution in [0.25, 0.3) is 0 Å². The lowest BCUT2D eigenvalue weighted by Gasteiger charge is -2.34. The molecule has 0 radical (unpaired) electrons. The molecule has 148 valence electrons. The molecular formula is C21H23FN2O4. The molecule has 0 aromatic heterocycles. The standard InChI is InChI=1S/C21H23FN2O4/c1-13-7-9-15-17(5-4-6-18(15)24(13)21(26)28-3)23-12-19(25)16-11-14(22)8-10-20(16)27-2/h4-6,8,10-13,19,25H,7,9H2,1-3H3. The Hall–Kier alpha value is -2.93. The molecule has 0 aliphatic carbocycles. The van der Waals surface area contributed by atoms with E-state index >= 15 is 0 Å². The average molecular weight is 386 g/mol. The Kier molecular flexibility index (Phi) is 5.94. The van der Waals surface area contributed by atoms with Crippen molar-refractivity contribution in [2.45, 2.75) is 31.9 Å². The Bertz CT molecular complexity index is 900. The summed E-state index contributed by atoms with van der Waals surface area (Å²) in [4.78, 5) is 18.2. The number of hydrogen-bond donors (Lipinski definition) is 1. The van der Waals surface area contributed by atoms with E-state index in [2.05, 4.69) is 4.99 Å². The Morgan fingerprint density at radius 2 is 2.14 bits per heavy atom. The number of anilines is 1. The van der Waals surface area contributed by atoms with Gasteiger partial charge in [-0.2, -0.15) is 0 Å². The van der Waals surface area contributed by atoms with E-state index in [1.54, 1.807) is 11.0 Å². The Morgan fingerprint density at radius 3 is 2.86 bits per heavy atom. The zero-order valence-corrected chi connectivity index (χ0v) is 16.1. The van der Waals surface area contributed by atoms with Gasteiger partial charge in [-0.1, -0.05) is 6.07 Å². The number of carbonyl (C=O) groups excluding carboxylic acids is 1. The number of nitrogens with zero attached hydrogens (tertiary/aromatic N) is 2. The quantitative estimate of drug-likeness (QED) is 0.801. The maximum absolute atomic E-state index is 13.6. The number of fused-ring (bicyclic) bond motifs is 1. The van der Waals surface area contributed by atoms with Gasteiger partial charge in [0, 0.05) is 23.4 Å². The lowest BCUT2D eigenvalue weighted by Crippen LogP contribution is -2.42. The average Bonchev–Trinajstić information content (AvgIpc) is 2.71. The van der Waals surface area contributed by atoms with E-state index in [0.29, 0.717) is 17.0 Å². The molecule has 7 heteroatoms. The van der Waals surface area contributed by atoms with E-state index in [0.717, 1.165) is 24.1 Å². The number of benzene rings is 2. The first-order valence-electron chi connectivity index (χ1n) is 9.01. The van der Waals surface area contributed by atoms with Gasteiger partial charge in [-0.25, -0.2) is 9.18 Å². The van der Waals surface area contributed by atoms with Crippen molar-refractivity contribution in [1.29, 1.82) is 0 Å². The molecular weight excluding hydrogens is 363 g/mol. The van der Waals surface area contributed by atoms with Crippen molar-refractivity contribution in [1.82, 2.24) is 0 Å². The topological polar surface area (TPSA) is 71.4 Å². The van der Waals surface area contributed by atoms with Gasteiger partial charge >= 0.3 is 6.09 Å². The molecule has 0 bridgehead atoms. The van der Waals surface area contributed by atoms with Crippen molar-refractivity contribution in [2.75, 3.05) is 19.1 Å². The van der Waals surface area contributed by atoms with Crippen molar-refractivity contribution >= 4 is 23.7 Å². The summed E-state index contributed by atoms with van der Waals surface area (Å²) in [6.07, 6.45) is 1.30. The van der Waals surface area contributed by atoms with Gasteiger partial charge in [0.1, 0.15) is 17.7 Å². The molecule has 3 rings (SSSR count). The Balaban J connectivity index is 1.93. The SMILES string of the molecule is COC(=O)N1c2cccc(N=CC(O)c3cc(F)ccc3OC)c2CCC1C. The number of aliphatic hydroxyl groups is 1. The summed E-state index contributed by atoms with van der Waals surface area (Å²) < 4.78 is 23.7. The highest BCUT2D eigenvalue weighted by Gasteiger charge is 2.30. The van der Waals surface area contributed by atoms with Crippen molar-refractivity contribution in [3.63, 3.8) is 0 Å². The third-order valence-electron chi connectivity index (χ3n) is 4.88. The summed E-state index contributed by atoms with van der Waals surface area (Å²) in [5.41, 5.74) is 2.59. The fourth-order valence-corrected chi connectivity index (χ4v) is 3.43. The van der Waals surface area contributed by atoms with Gasteiger partial charge < -0.3 is 14.6 Å². The van der Waals surface area contributed by atoms with Crippen LogP contribution >= 0.6 is 0 Å². The van der Waals surface area contributed by atoms with Crippen LogP contribution in [0.2, 0.25) is 0 Å². The molecule has 1 aliphatic rings. The fraction of sp³-hybridized carbons (Fsp3) is 0.333. The third-order valence-corrected chi connectivity index (χ3v) is 4.88. The van der Waals surface area contributed by atoms with Gasteiger partial charge in [-0.05, 0) is 50.1 Å². The monoisotopic (exact) mass is 386 g/mol. The number of methoxy groups -OCH3 is 2. The minimum absolute atomic E-state index is 0.0151. The highest BCUT2D eigenvalue weighted by atomic mass is 19.1. The van der Waals surface area contributed by atoms with E-state index in [9.17, 15) is 14.3 Å². The van der Waals surface area contributed by atoms with Crippen LogP contribution in [0.3, 0.4) is 0 Å². The summed E-state index contributed by atoms with van der Waals surface area (Å²) in [7, 11) is 2.81. The summed E-state index contributed by atoms with van der Waals surface area (Å²) in [6, 6.07) is 9.43. The summed E-state index contributed by atoms with van der Waals surface area (Å²) in [6.45, 7) is 1.97. The van der Waals surface area contributed by atoms with Crippen LogP contribution < -0.4 is 9.64 Å². The molecule has 2 aromatic rings. The van der Waals surface area contributed by atoms with Crippen LogP contribution in [0.1, 0.15) is 30.6 Å². The van der Waals surface area contributed by atoms with Crippen LogP contribution in [0.5, 0.6) is 5.75 Å². The molecule has 2 atom stereocenters. The van der Waals surface area contributed by atoms with Crippen molar-refractivity contribution in [3.05, 3.63) is 53.3 Å². The molecule has 0 fully saturated rings. The Labute approximate surface area is 163 Å². The molecule has 0 saturated heterocycles. The zero-order chi connectivity index (χ0) is 20.3. The number of aliphatic hydroxyl groups excluding tert-OH is 1. The minimum Gasteiger partial charge on any atom is -0.496 e. The van der Waals surface area contributed by atoms with Gasteiger partial charge in [-0.3, -0.25) is 9.89 Å². The number of carbonyl (C=O) groups is 1. The van der Waals surface area contributed by atoms with Crippen molar-refractivity contribution in [3.8, 4) is 5.75 Å². The number of amides is 1. The maximum atomic E-state index is 13.6. The van der Waals surface area contributed by atoms with Gasteiger partial charge in [0.05, 0.1) is 25.6 Å². The zero-order valence-electron chi connectivity index (χ0n) is 16.1. The minimum atomic E-state index is -1.14. The smallest absolute Gasteiger partial charge is 0.414 e. The van der Waals surface area contributed by atoms with Gasteiger partial charge in [0.2, 0.25) is 0 Å². The predicted molar refractivity (Wildman–Crippen MR) is 105 cm³/mol. The fourth-order valence-electron chi connectivity index (χ4n) is 3.43. The second-order valence-electron chi connectivity index (χ2n) is 6.61. The molecule has 1 N–H and O–H groups in total. The largest absolute Gasteiger partial charge is 0.496 e. The first-order chi connectivity index (χ1) is 13.5. The molecule has 2 unspecified atom stereocenters. The maximum Gasteiger partial charge on any atom is 0.414 e. The summed E-state index contributed by atoms with van der Waals surface area (Å²) in [5, 5.41) is 10.5. The molecule has 28 heavy (non-hydrogen) atoms. The van der Waals surface area contributed by atoms with Crippen molar-refractivity contribution < 1.29 is 23.8 Å². The molecule has 1 amide bonds. The van der Waals surface area contributed by atoms with E-state index in [4.69, 9.17) is 9.47 Å². The van der Waals surface area contributed by atoms with Crippen LogP contribution in [0.15, 0.2) is 41.4 Å². The molecule has 2 aromatic carbocycles. The lowest BCUT2D eigenvalue weighted by molar-refractivity contribution is 0.175. The van der Waals surface area contributed by atoms with Gasteiger partial charge in [-0.15, -0.1) is 0 Å². The van der Waals surface area contributed by atoms with Gasteiger partial charge in [0.25, 0.3) is 0 Å². The Morgan fingerprint density at radius 1 is 1.36 bits per heavy atom. The van der Waals surface area contributed by atoms with Crippen molar-refractivity contribution in [2.24, 2.45) is 4.99 Å². The molecule has 0 saturated carbocycles. The van der Waals surface area contributed by atoms with E-state index < -0.39 is 18.0 Å². The number of hydrogen-bond acceptors (Lipinski definition) is 5.